The fourth-order valence-corrected chi connectivity index (χ4v) is 1.80. The van der Waals surface area contributed by atoms with Gasteiger partial charge in [-0.2, -0.15) is 5.10 Å². The van der Waals surface area contributed by atoms with Gasteiger partial charge in [-0.25, -0.2) is 0 Å². The van der Waals surface area contributed by atoms with Crippen molar-refractivity contribution in [2.24, 2.45) is 7.05 Å². The van der Waals surface area contributed by atoms with Crippen molar-refractivity contribution in [3.05, 3.63) is 23.4 Å². The number of hydrogen-bond acceptors (Lipinski definition) is 3. The molecule has 0 amide bonds. The van der Waals surface area contributed by atoms with E-state index in [2.05, 4.69) is 5.10 Å². The van der Waals surface area contributed by atoms with Gasteiger partial charge in [-0.15, -0.1) is 0 Å². The molecular formula is C11H12N2O2. The molecule has 15 heavy (non-hydrogen) atoms. The lowest BCUT2D eigenvalue weighted by Crippen LogP contribution is -1.94. The Hall–Kier alpha value is -1.84. The first-order valence-electron chi connectivity index (χ1n) is 4.64. The Morgan fingerprint density at radius 3 is 2.80 bits per heavy atom. The van der Waals surface area contributed by atoms with Gasteiger partial charge >= 0.3 is 0 Å². The van der Waals surface area contributed by atoms with Gasteiger partial charge < -0.3 is 4.74 Å². The maximum atomic E-state index is 11.0. The van der Waals surface area contributed by atoms with Gasteiger partial charge in [0.15, 0.2) is 6.29 Å². The molecule has 2 rings (SSSR count). The Morgan fingerprint density at radius 2 is 2.20 bits per heavy atom. The van der Waals surface area contributed by atoms with Crippen LogP contribution in [0.25, 0.3) is 10.9 Å². The number of aldehydes is 1. The zero-order valence-corrected chi connectivity index (χ0v) is 8.94. The third kappa shape index (κ3) is 1.38. The van der Waals surface area contributed by atoms with E-state index in [-0.39, 0.29) is 0 Å². The van der Waals surface area contributed by atoms with E-state index < -0.39 is 0 Å². The van der Waals surface area contributed by atoms with Crippen molar-refractivity contribution in [3.63, 3.8) is 0 Å². The molecule has 78 valence electrons. The van der Waals surface area contributed by atoms with Crippen molar-refractivity contribution in [1.82, 2.24) is 9.78 Å². The SMILES string of the molecule is COc1cc(C=O)c2c(c1)c(C)nn2C. The van der Waals surface area contributed by atoms with E-state index >= 15 is 0 Å². The van der Waals surface area contributed by atoms with Gasteiger partial charge in [-0.3, -0.25) is 9.48 Å². The normalized spacial score (nSPS) is 10.6. The van der Waals surface area contributed by atoms with E-state index in [9.17, 15) is 4.79 Å². The van der Waals surface area contributed by atoms with Gasteiger partial charge in [0.1, 0.15) is 5.75 Å². The molecule has 0 radical (unpaired) electrons. The fraction of sp³-hybridized carbons (Fsp3) is 0.273. The third-order valence-electron chi connectivity index (χ3n) is 2.49. The molecule has 0 fully saturated rings. The number of benzene rings is 1. The maximum absolute atomic E-state index is 11.0. The summed E-state index contributed by atoms with van der Waals surface area (Å²) in [5.74, 6) is 0.681. The summed E-state index contributed by atoms with van der Waals surface area (Å²) < 4.78 is 6.85. The van der Waals surface area contributed by atoms with Gasteiger partial charge in [0.25, 0.3) is 0 Å². The van der Waals surface area contributed by atoms with Crippen LogP contribution in [0.5, 0.6) is 5.75 Å². The van der Waals surface area contributed by atoms with Crippen molar-refractivity contribution < 1.29 is 9.53 Å². The average molecular weight is 204 g/mol. The quantitative estimate of drug-likeness (QED) is 0.699. The highest BCUT2D eigenvalue weighted by atomic mass is 16.5. The summed E-state index contributed by atoms with van der Waals surface area (Å²) in [4.78, 5) is 11.0. The summed E-state index contributed by atoms with van der Waals surface area (Å²) in [6.07, 6.45) is 0.825. The highest BCUT2D eigenvalue weighted by Crippen LogP contribution is 2.26. The summed E-state index contributed by atoms with van der Waals surface area (Å²) in [6, 6.07) is 3.61. The molecule has 0 bridgehead atoms. The lowest BCUT2D eigenvalue weighted by Gasteiger charge is -2.03. The van der Waals surface area contributed by atoms with Crippen LogP contribution in [0.15, 0.2) is 12.1 Å². The molecule has 1 aromatic heterocycles. The zero-order valence-electron chi connectivity index (χ0n) is 8.94. The molecule has 0 saturated carbocycles. The summed E-state index contributed by atoms with van der Waals surface area (Å²) in [5, 5.41) is 5.23. The zero-order chi connectivity index (χ0) is 11.0. The second kappa shape index (κ2) is 3.38. The van der Waals surface area contributed by atoms with Gasteiger partial charge in [-0.1, -0.05) is 0 Å². The number of methoxy groups -OCH3 is 1. The van der Waals surface area contributed by atoms with Crippen LogP contribution in [0.4, 0.5) is 0 Å². The molecule has 1 heterocycles. The van der Waals surface area contributed by atoms with E-state index in [0.29, 0.717) is 11.3 Å². The fourth-order valence-electron chi connectivity index (χ4n) is 1.80. The first-order valence-corrected chi connectivity index (χ1v) is 4.64. The minimum Gasteiger partial charge on any atom is -0.497 e. The number of carbonyl (C=O) groups is 1. The van der Waals surface area contributed by atoms with Crippen LogP contribution in [-0.2, 0) is 7.05 Å². The summed E-state index contributed by atoms with van der Waals surface area (Å²) in [7, 11) is 3.41. The second-order valence-electron chi connectivity index (χ2n) is 3.44. The lowest BCUT2D eigenvalue weighted by atomic mass is 10.1. The molecule has 0 N–H and O–H groups in total. The van der Waals surface area contributed by atoms with E-state index in [1.54, 1.807) is 17.9 Å². The second-order valence-corrected chi connectivity index (χ2v) is 3.44. The van der Waals surface area contributed by atoms with Crippen LogP contribution in [0.1, 0.15) is 16.1 Å². The van der Waals surface area contributed by atoms with Crippen LogP contribution in [0.2, 0.25) is 0 Å². The summed E-state index contributed by atoms with van der Waals surface area (Å²) >= 11 is 0. The molecule has 0 aliphatic heterocycles. The number of aromatic nitrogens is 2. The number of rotatable bonds is 2. The molecular weight excluding hydrogens is 192 g/mol. The van der Waals surface area contributed by atoms with Gasteiger partial charge in [-0.05, 0) is 19.1 Å². The average Bonchev–Trinajstić information content (AvgIpc) is 2.53. The Morgan fingerprint density at radius 1 is 1.47 bits per heavy atom. The largest absolute Gasteiger partial charge is 0.497 e. The highest BCUT2D eigenvalue weighted by molar-refractivity contribution is 5.98. The van der Waals surface area contributed by atoms with Gasteiger partial charge in [0.05, 0.1) is 18.3 Å². The van der Waals surface area contributed by atoms with Crippen molar-refractivity contribution in [2.75, 3.05) is 7.11 Å². The van der Waals surface area contributed by atoms with Crippen LogP contribution < -0.4 is 4.74 Å². The van der Waals surface area contributed by atoms with E-state index in [1.807, 2.05) is 20.0 Å². The summed E-state index contributed by atoms with van der Waals surface area (Å²) in [5.41, 5.74) is 2.35. The molecule has 0 spiro atoms. The first kappa shape index (κ1) is 9.71. The van der Waals surface area contributed by atoms with Crippen molar-refractivity contribution >= 4 is 17.2 Å². The van der Waals surface area contributed by atoms with Crippen molar-refractivity contribution in [3.8, 4) is 5.75 Å². The topological polar surface area (TPSA) is 44.1 Å². The number of fused-ring (bicyclic) bond motifs is 1. The Bertz CT molecular complexity index is 529. The molecule has 1 aromatic carbocycles. The summed E-state index contributed by atoms with van der Waals surface area (Å²) in [6.45, 7) is 1.91. The molecule has 0 aliphatic rings. The minimum absolute atomic E-state index is 0.604. The molecule has 0 saturated heterocycles. The van der Waals surface area contributed by atoms with Crippen molar-refractivity contribution in [2.45, 2.75) is 6.92 Å². The molecule has 0 aliphatic carbocycles. The Labute approximate surface area is 87.5 Å². The first-order chi connectivity index (χ1) is 7.17. The minimum atomic E-state index is 0.604. The smallest absolute Gasteiger partial charge is 0.152 e. The number of hydrogen-bond donors (Lipinski definition) is 0. The molecule has 0 unspecified atom stereocenters. The number of aryl methyl sites for hydroxylation is 2. The Kier molecular flexibility index (Phi) is 2.19. The molecule has 4 nitrogen and oxygen atoms in total. The molecule has 0 atom stereocenters. The van der Waals surface area contributed by atoms with Crippen molar-refractivity contribution in [1.29, 1.82) is 0 Å². The van der Waals surface area contributed by atoms with Gasteiger partial charge in [0.2, 0.25) is 0 Å². The predicted octanol–water partition coefficient (Wildman–Crippen LogP) is 1.70. The van der Waals surface area contributed by atoms with E-state index in [4.69, 9.17) is 4.74 Å². The number of ether oxygens (including phenoxy) is 1. The molecule has 4 heteroatoms. The van der Waals surface area contributed by atoms with E-state index in [1.165, 1.54) is 0 Å². The third-order valence-corrected chi connectivity index (χ3v) is 2.49. The molecule has 2 aromatic rings. The van der Waals surface area contributed by atoms with E-state index in [0.717, 1.165) is 22.9 Å². The predicted molar refractivity (Wildman–Crippen MR) is 57.4 cm³/mol. The van der Waals surface area contributed by atoms with Crippen LogP contribution >= 0.6 is 0 Å². The van der Waals surface area contributed by atoms with Crippen LogP contribution in [-0.4, -0.2) is 23.2 Å². The lowest BCUT2D eigenvalue weighted by molar-refractivity contribution is 0.112. The number of carbonyl (C=O) groups excluding carboxylic acids is 1. The van der Waals surface area contributed by atoms with Crippen LogP contribution in [0, 0.1) is 6.92 Å². The number of nitrogens with zero attached hydrogens (tertiary/aromatic N) is 2. The van der Waals surface area contributed by atoms with Crippen LogP contribution in [0.3, 0.4) is 0 Å². The Balaban J connectivity index is 2.89. The standard InChI is InChI=1S/C11H12N2O2/c1-7-10-5-9(15-3)4-8(6-14)11(10)13(2)12-7/h4-6H,1-3H3. The van der Waals surface area contributed by atoms with Gasteiger partial charge in [0, 0.05) is 18.0 Å². The maximum Gasteiger partial charge on any atom is 0.152 e. The monoisotopic (exact) mass is 204 g/mol. The highest BCUT2D eigenvalue weighted by Gasteiger charge is 2.11.